The Labute approximate surface area is 228 Å². The third-order valence-corrected chi connectivity index (χ3v) is 6.95. The second-order valence-electron chi connectivity index (χ2n) is 8.94. The molecule has 1 aromatic heterocycles. The Kier molecular flexibility index (Phi) is 10.9. The number of carbonyl (C=O) groups is 2. The Bertz CT molecular complexity index is 1140. The van der Waals surface area contributed by atoms with Crippen molar-refractivity contribution < 1.29 is 23.8 Å². The number of nitrogens with zero attached hydrogens (tertiary/aromatic N) is 3. The fourth-order valence-electron chi connectivity index (χ4n) is 4.55. The van der Waals surface area contributed by atoms with Gasteiger partial charge in [-0.1, -0.05) is 50.1 Å². The van der Waals surface area contributed by atoms with Crippen molar-refractivity contribution in [2.75, 3.05) is 21.3 Å². The molecule has 1 saturated carbocycles. The molecule has 0 spiro atoms. The standard InChI is InChI=1S/C28H36N4O5S/c1-6-10-23(26(37-5)19(2)35-3)25(27(33)30-21-11-8-7-9-12-21)32(28(34)24-17-29-38-31-24)18-20-13-15-22(36-4)16-14-20/h6,10,13-17,21,25H,2,7-9,11-12,18H2,1,3-5H3,(H,30,33)/b10-6-,26-23-. The van der Waals surface area contributed by atoms with E-state index in [1.54, 1.807) is 19.3 Å². The molecule has 1 atom stereocenters. The Morgan fingerprint density at radius 1 is 1.16 bits per heavy atom. The molecule has 2 aromatic rings. The summed E-state index contributed by atoms with van der Waals surface area (Å²) in [7, 11) is 4.56. The van der Waals surface area contributed by atoms with Gasteiger partial charge in [0.15, 0.2) is 17.2 Å². The van der Waals surface area contributed by atoms with E-state index in [-0.39, 0.29) is 35.7 Å². The van der Waals surface area contributed by atoms with Gasteiger partial charge in [-0.05, 0) is 37.5 Å². The predicted octanol–water partition coefficient (Wildman–Crippen LogP) is 4.64. The van der Waals surface area contributed by atoms with Crippen molar-refractivity contribution >= 4 is 23.5 Å². The Morgan fingerprint density at radius 2 is 1.87 bits per heavy atom. The van der Waals surface area contributed by atoms with Gasteiger partial charge in [-0.25, -0.2) is 0 Å². The Balaban J connectivity index is 2.16. The molecule has 2 amide bonds. The zero-order valence-electron chi connectivity index (χ0n) is 22.4. The molecule has 1 heterocycles. The molecule has 0 saturated heterocycles. The number of hydrogen-bond donors (Lipinski definition) is 1. The second-order valence-corrected chi connectivity index (χ2v) is 9.49. The Hall–Kier alpha value is -3.66. The van der Waals surface area contributed by atoms with Crippen LogP contribution in [0.25, 0.3) is 0 Å². The van der Waals surface area contributed by atoms with Gasteiger partial charge in [-0.3, -0.25) is 9.59 Å². The molecule has 1 N–H and O–H groups in total. The SMILES string of the molecule is C=C(OC)/C(OC)=C(\C=C/C)C(C(=O)NC1CCCCC1)N(Cc1ccc(OC)cc1)C(=O)c1cnsn1. The first-order valence-corrected chi connectivity index (χ1v) is 13.3. The maximum atomic E-state index is 14.1. The number of nitrogens with one attached hydrogen (secondary N) is 1. The van der Waals surface area contributed by atoms with Crippen LogP contribution in [0.15, 0.2) is 66.3 Å². The van der Waals surface area contributed by atoms with Crippen molar-refractivity contribution in [1.29, 1.82) is 0 Å². The quantitative estimate of drug-likeness (QED) is 0.309. The number of methoxy groups -OCH3 is 3. The Morgan fingerprint density at radius 3 is 2.42 bits per heavy atom. The van der Waals surface area contributed by atoms with E-state index in [1.807, 2.05) is 31.2 Å². The molecule has 0 aliphatic heterocycles. The summed E-state index contributed by atoms with van der Waals surface area (Å²) < 4.78 is 24.5. The van der Waals surface area contributed by atoms with Crippen molar-refractivity contribution in [2.24, 2.45) is 0 Å². The number of carbonyl (C=O) groups excluding carboxylic acids is 2. The van der Waals surface area contributed by atoms with E-state index >= 15 is 0 Å². The van der Waals surface area contributed by atoms with Gasteiger partial charge < -0.3 is 24.4 Å². The van der Waals surface area contributed by atoms with Crippen LogP contribution in [0.5, 0.6) is 5.75 Å². The molecule has 1 aromatic carbocycles. The maximum absolute atomic E-state index is 14.1. The molecule has 0 bridgehead atoms. The van der Waals surface area contributed by atoms with E-state index in [0.717, 1.165) is 49.4 Å². The molecule has 38 heavy (non-hydrogen) atoms. The van der Waals surface area contributed by atoms with E-state index in [1.165, 1.54) is 25.3 Å². The fraction of sp³-hybridized carbons (Fsp3) is 0.429. The van der Waals surface area contributed by atoms with Crippen molar-refractivity contribution in [1.82, 2.24) is 19.0 Å². The number of benzene rings is 1. The molecule has 1 unspecified atom stereocenters. The summed E-state index contributed by atoms with van der Waals surface area (Å²) in [5, 5.41) is 3.20. The summed E-state index contributed by atoms with van der Waals surface area (Å²) >= 11 is 0.934. The number of amides is 2. The third-order valence-electron chi connectivity index (χ3n) is 6.47. The molecule has 1 aliphatic rings. The van der Waals surface area contributed by atoms with Gasteiger partial charge >= 0.3 is 0 Å². The highest BCUT2D eigenvalue weighted by Crippen LogP contribution is 2.27. The van der Waals surface area contributed by atoms with Crippen LogP contribution in [-0.4, -0.2) is 58.9 Å². The molecule has 3 rings (SSSR count). The maximum Gasteiger partial charge on any atom is 0.276 e. The van der Waals surface area contributed by atoms with E-state index in [2.05, 4.69) is 20.6 Å². The lowest BCUT2D eigenvalue weighted by Gasteiger charge is -2.34. The zero-order chi connectivity index (χ0) is 27.5. The minimum Gasteiger partial charge on any atom is -0.497 e. The third kappa shape index (κ3) is 7.22. The second kappa shape index (κ2) is 14.3. The van der Waals surface area contributed by atoms with Crippen molar-refractivity contribution in [3.8, 4) is 5.75 Å². The van der Waals surface area contributed by atoms with Crippen LogP contribution in [0.3, 0.4) is 0 Å². The van der Waals surface area contributed by atoms with Gasteiger partial charge in [0, 0.05) is 18.2 Å². The van der Waals surface area contributed by atoms with Crippen LogP contribution in [0, 0.1) is 0 Å². The first kappa shape index (κ1) is 28.9. The predicted molar refractivity (Wildman–Crippen MR) is 147 cm³/mol. The summed E-state index contributed by atoms with van der Waals surface area (Å²) in [6.45, 7) is 5.91. The highest BCUT2D eigenvalue weighted by atomic mass is 32.1. The topological polar surface area (TPSA) is 103 Å². The van der Waals surface area contributed by atoms with Crippen LogP contribution >= 0.6 is 11.7 Å². The number of hydrogen-bond acceptors (Lipinski definition) is 8. The highest BCUT2D eigenvalue weighted by molar-refractivity contribution is 6.99. The number of allylic oxidation sites excluding steroid dienone is 1. The van der Waals surface area contributed by atoms with Crippen LogP contribution in [0.2, 0.25) is 0 Å². The number of aromatic nitrogens is 2. The summed E-state index contributed by atoms with van der Waals surface area (Å²) in [5.41, 5.74) is 1.41. The van der Waals surface area contributed by atoms with Crippen LogP contribution in [-0.2, 0) is 20.8 Å². The van der Waals surface area contributed by atoms with Crippen molar-refractivity contribution in [3.05, 3.63) is 77.5 Å². The highest BCUT2D eigenvalue weighted by Gasteiger charge is 2.37. The summed E-state index contributed by atoms with van der Waals surface area (Å²) in [6, 6.07) is 6.32. The summed E-state index contributed by atoms with van der Waals surface area (Å²) in [4.78, 5) is 29.5. The van der Waals surface area contributed by atoms with Gasteiger partial charge in [0.25, 0.3) is 5.91 Å². The molecule has 9 nitrogen and oxygen atoms in total. The smallest absolute Gasteiger partial charge is 0.276 e. The van der Waals surface area contributed by atoms with Gasteiger partial charge in [-0.2, -0.15) is 8.75 Å². The lowest BCUT2D eigenvalue weighted by molar-refractivity contribution is -0.125. The average Bonchev–Trinajstić information content (AvgIpc) is 3.48. The molecule has 0 radical (unpaired) electrons. The molecular weight excluding hydrogens is 504 g/mol. The first-order chi connectivity index (χ1) is 18.4. The van der Waals surface area contributed by atoms with Gasteiger partial charge in [0.2, 0.25) is 5.91 Å². The lowest BCUT2D eigenvalue weighted by Crippen LogP contribution is -2.53. The number of ether oxygens (including phenoxy) is 3. The zero-order valence-corrected chi connectivity index (χ0v) is 23.3. The van der Waals surface area contributed by atoms with E-state index in [4.69, 9.17) is 14.2 Å². The molecule has 10 heteroatoms. The first-order valence-electron chi connectivity index (χ1n) is 12.6. The molecule has 1 fully saturated rings. The summed E-state index contributed by atoms with van der Waals surface area (Å²) in [6.07, 6.45) is 10.00. The van der Waals surface area contributed by atoms with Gasteiger partial charge in [0.05, 0.1) is 39.3 Å². The van der Waals surface area contributed by atoms with E-state index in [0.29, 0.717) is 11.3 Å². The largest absolute Gasteiger partial charge is 0.497 e. The fourth-order valence-corrected chi connectivity index (χ4v) is 4.95. The van der Waals surface area contributed by atoms with Gasteiger partial charge in [0.1, 0.15) is 11.8 Å². The molecular formula is C28H36N4O5S. The van der Waals surface area contributed by atoms with E-state index in [9.17, 15) is 9.59 Å². The average molecular weight is 541 g/mol. The van der Waals surface area contributed by atoms with Crippen molar-refractivity contribution in [3.63, 3.8) is 0 Å². The van der Waals surface area contributed by atoms with Crippen LogP contribution in [0.4, 0.5) is 0 Å². The molecule has 204 valence electrons. The molecule has 1 aliphatic carbocycles. The monoisotopic (exact) mass is 540 g/mol. The number of rotatable bonds is 12. The van der Waals surface area contributed by atoms with E-state index < -0.39 is 11.9 Å². The minimum absolute atomic E-state index is 0.0288. The summed E-state index contributed by atoms with van der Waals surface area (Å²) in [5.74, 6) is 0.461. The normalized spacial score (nSPS) is 15.4. The lowest BCUT2D eigenvalue weighted by atomic mass is 9.94. The van der Waals surface area contributed by atoms with Crippen LogP contribution in [0.1, 0.15) is 55.1 Å². The van der Waals surface area contributed by atoms with Gasteiger partial charge in [-0.15, -0.1) is 0 Å². The van der Waals surface area contributed by atoms with Crippen LogP contribution < -0.4 is 10.1 Å². The van der Waals surface area contributed by atoms with Crippen molar-refractivity contribution in [2.45, 2.75) is 57.7 Å². The minimum atomic E-state index is -1.06.